The van der Waals surface area contributed by atoms with Gasteiger partial charge in [-0.25, -0.2) is 0 Å². The molecule has 0 saturated carbocycles. The quantitative estimate of drug-likeness (QED) is 0.164. The van der Waals surface area contributed by atoms with Crippen molar-refractivity contribution in [3.8, 4) is 55.6 Å². The number of hydrogen-bond donors (Lipinski definition) is 0. The van der Waals surface area contributed by atoms with E-state index in [-0.39, 0.29) is 0 Å². The van der Waals surface area contributed by atoms with E-state index >= 15 is 0 Å². The SMILES string of the molecule is c1ccc2cc(-c3cccc4c(-c5ccc(-c6ccc7ccccc7c6)c6c(-c7ccc8ccccc8c7)cccc56)ccc(-c5ccc6ccccc6c5)c34)ccc2c1. The molecule has 0 heteroatoms. The second-order valence-corrected chi connectivity index (χ2v) is 16.0. The summed E-state index contributed by atoms with van der Waals surface area (Å²) in [4.78, 5) is 0. The molecule has 60 heavy (non-hydrogen) atoms. The van der Waals surface area contributed by atoms with Crippen molar-refractivity contribution in [3.05, 3.63) is 231 Å². The predicted octanol–water partition coefficient (Wildman–Crippen LogP) is 16.9. The van der Waals surface area contributed by atoms with E-state index in [1.165, 1.54) is 120 Å². The number of rotatable bonds is 5. The zero-order valence-corrected chi connectivity index (χ0v) is 32.9. The van der Waals surface area contributed by atoms with Gasteiger partial charge in [0.1, 0.15) is 0 Å². The van der Waals surface area contributed by atoms with Crippen LogP contribution in [0.2, 0.25) is 0 Å². The van der Waals surface area contributed by atoms with Crippen molar-refractivity contribution in [2.75, 3.05) is 0 Å². The summed E-state index contributed by atoms with van der Waals surface area (Å²) >= 11 is 0. The van der Waals surface area contributed by atoms with Gasteiger partial charge in [0.05, 0.1) is 0 Å². The van der Waals surface area contributed by atoms with E-state index in [4.69, 9.17) is 0 Å². The molecule has 0 heterocycles. The van der Waals surface area contributed by atoms with Crippen molar-refractivity contribution >= 4 is 64.6 Å². The highest BCUT2D eigenvalue weighted by Crippen LogP contribution is 2.47. The maximum absolute atomic E-state index is 2.37. The molecule has 12 aromatic carbocycles. The van der Waals surface area contributed by atoms with Crippen molar-refractivity contribution in [1.29, 1.82) is 0 Å². The molecule has 0 aliphatic rings. The lowest BCUT2D eigenvalue weighted by Gasteiger charge is -2.20. The Balaban J connectivity index is 1.15. The molecule has 0 aliphatic carbocycles. The van der Waals surface area contributed by atoms with Gasteiger partial charge in [0, 0.05) is 0 Å². The first-order valence-electron chi connectivity index (χ1n) is 20.8. The van der Waals surface area contributed by atoms with Crippen molar-refractivity contribution in [2.45, 2.75) is 0 Å². The predicted molar refractivity (Wildman–Crippen MR) is 259 cm³/mol. The molecule has 0 aromatic heterocycles. The van der Waals surface area contributed by atoms with E-state index in [1.54, 1.807) is 0 Å². The first-order valence-corrected chi connectivity index (χ1v) is 20.8. The van der Waals surface area contributed by atoms with Gasteiger partial charge in [-0.05, 0) is 145 Å². The minimum absolute atomic E-state index is 1.22. The maximum Gasteiger partial charge on any atom is -0.00206 e. The summed E-state index contributed by atoms with van der Waals surface area (Å²) in [6, 6.07) is 85.5. The summed E-state index contributed by atoms with van der Waals surface area (Å²) in [7, 11) is 0. The first kappa shape index (κ1) is 34.3. The van der Waals surface area contributed by atoms with Gasteiger partial charge in [-0.2, -0.15) is 0 Å². The molecule has 0 radical (unpaired) electrons. The lowest BCUT2D eigenvalue weighted by atomic mass is 9.83. The summed E-state index contributed by atoms with van der Waals surface area (Å²) in [5.74, 6) is 0. The lowest BCUT2D eigenvalue weighted by molar-refractivity contribution is 1.62. The summed E-state index contributed by atoms with van der Waals surface area (Å²) in [6.45, 7) is 0. The Labute approximate surface area is 349 Å². The van der Waals surface area contributed by atoms with Crippen LogP contribution in [0, 0.1) is 0 Å². The normalized spacial score (nSPS) is 11.7. The van der Waals surface area contributed by atoms with Gasteiger partial charge in [0.15, 0.2) is 0 Å². The van der Waals surface area contributed by atoms with E-state index < -0.39 is 0 Å². The third kappa shape index (κ3) is 5.69. The van der Waals surface area contributed by atoms with Crippen LogP contribution < -0.4 is 0 Å². The monoisotopic (exact) mass is 758 g/mol. The minimum Gasteiger partial charge on any atom is -0.0616 e. The van der Waals surface area contributed by atoms with E-state index in [0.29, 0.717) is 0 Å². The molecule has 0 amide bonds. The van der Waals surface area contributed by atoms with Crippen molar-refractivity contribution in [2.24, 2.45) is 0 Å². The summed E-state index contributed by atoms with van der Waals surface area (Å²) in [6.07, 6.45) is 0. The third-order valence-electron chi connectivity index (χ3n) is 12.6. The summed E-state index contributed by atoms with van der Waals surface area (Å²) < 4.78 is 0. The number of hydrogen-bond acceptors (Lipinski definition) is 0. The fraction of sp³-hybridized carbons (Fsp3) is 0. The fourth-order valence-corrected chi connectivity index (χ4v) is 9.67. The zero-order valence-electron chi connectivity index (χ0n) is 32.9. The van der Waals surface area contributed by atoms with Gasteiger partial charge in [0.2, 0.25) is 0 Å². The minimum atomic E-state index is 1.22. The summed E-state index contributed by atoms with van der Waals surface area (Å²) in [5, 5.41) is 15.0. The van der Waals surface area contributed by atoms with Crippen LogP contribution in [0.1, 0.15) is 0 Å². The topological polar surface area (TPSA) is 0 Å². The second kappa shape index (κ2) is 13.9. The second-order valence-electron chi connectivity index (χ2n) is 16.0. The molecule has 278 valence electrons. The van der Waals surface area contributed by atoms with Gasteiger partial charge in [-0.15, -0.1) is 0 Å². The lowest BCUT2D eigenvalue weighted by Crippen LogP contribution is -1.93. The molecule has 0 N–H and O–H groups in total. The van der Waals surface area contributed by atoms with Crippen LogP contribution in [0.25, 0.3) is 120 Å². The molecule has 0 bridgehead atoms. The van der Waals surface area contributed by atoms with Crippen molar-refractivity contribution in [1.82, 2.24) is 0 Å². The van der Waals surface area contributed by atoms with Gasteiger partial charge in [0.25, 0.3) is 0 Å². The molecule has 0 saturated heterocycles. The molecular formula is C60H38. The van der Waals surface area contributed by atoms with E-state index in [2.05, 4.69) is 231 Å². The van der Waals surface area contributed by atoms with Crippen molar-refractivity contribution in [3.63, 3.8) is 0 Å². The molecule has 0 nitrogen and oxygen atoms in total. The highest BCUT2D eigenvalue weighted by atomic mass is 14.2. The van der Waals surface area contributed by atoms with Crippen LogP contribution in [0.15, 0.2) is 231 Å². The van der Waals surface area contributed by atoms with Gasteiger partial charge in [-0.1, -0.05) is 206 Å². The smallest absolute Gasteiger partial charge is 0.00206 e. The van der Waals surface area contributed by atoms with Crippen LogP contribution in [-0.4, -0.2) is 0 Å². The summed E-state index contributed by atoms with van der Waals surface area (Å²) in [5.41, 5.74) is 12.2. The van der Waals surface area contributed by atoms with Crippen molar-refractivity contribution < 1.29 is 0 Å². The molecule has 0 atom stereocenters. The maximum atomic E-state index is 2.37. The Bertz CT molecular complexity index is 3250. The highest BCUT2D eigenvalue weighted by Gasteiger charge is 2.19. The van der Waals surface area contributed by atoms with Crippen LogP contribution in [0.3, 0.4) is 0 Å². The number of benzene rings is 12. The Morgan fingerprint density at radius 1 is 0.167 bits per heavy atom. The zero-order chi connectivity index (χ0) is 39.6. The van der Waals surface area contributed by atoms with Crippen LogP contribution >= 0.6 is 0 Å². The van der Waals surface area contributed by atoms with Gasteiger partial charge < -0.3 is 0 Å². The fourth-order valence-electron chi connectivity index (χ4n) is 9.67. The van der Waals surface area contributed by atoms with E-state index in [1.807, 2.05) is 0 Å². The Kier molecular flexibility index (Phi) is 7.96. The Morgan fingerprint density at radius 2 is 0.433 bits per heavy atom. The third-order valence-corrected chi connectivity index (χ3v) is 12.6. The van der Waals surface area contributed by atoms with E-state index in [9.17, 15) is 0 Å². The molecule has 0 aliphatic heterocycles. The van der Waals surface area contributed by atoms with Crippen LogP contribution in [-0.2, 0) is 0 Å². The molecule has 12 aromatic rings. The van der Waals surface area contributed by atoms with Gasteiger partial charge >= 0.3 is 0 Å². The van der Waals surface area contributed by atoms with Gasteiger partial charge in [-0.3, -0.25) is 0 Å². The van der Waals surface area contributed by atoms with Crippen LogP contribution in [0.4, 0.5) is 0 Å². The average Bonchev–Trinajstić information content (AvgIpc) is 3.32. The first-order chi connectivity index (χ1) is 29.7. The highest BCUT2D eigenvalue weighted by molar-refractivity contribution is 6.19. The Morgan fingerprint density at radius 3 is 0.750 bits per heavy atom. The molecule has 0 unspecified atom stereocenters. The molecular weight excluding hydrogens is 721 g/mol. The standard InChI is InChI=1S/C60H38/c1-5-15-43-35-47(27-23-39(43)11-1)51-19-9-21-57-55(33-31-53(59(51)57)49-29-25-41-13-3-7-17-45(41)37-49)56-34-32-54(50-30-26-42-14-4-8-18-46(42)38-50)60-52(20-10-22-58(56)60)48-28-24-40-12-2-6-16-44(40)36-48/h1-38H. The molecule has 12 rings (SSSR count). The largest absolute Gasteiger partial charge is 0.0616 e. The van der Waals surface area contributed by atoms with Crippen LogP contribution in [0.5, 0.6) is 0 Å². The average molecular weight is 759 g/mol. The number of fused-ring (bicyclic) bond motifs is 6. The Hall–Kier alpha value is -7.80. The molecule has 0 fully saturated rings. The van der Waals surface area contributed by atoms with E-state index in [0.717, 1.165) is 0 Å². The molecule has 0 spiro atoms.